The first-order valence-corrected chi connectivity index (χ1v) is 8.89. The minimum atomic E-state index is -4.61. The number of ether oxygens (including phenoxy) is 2. The van der Waals surface area contributed by atoms with E-state index >= 15 is 0 Å². The Bertz CT molecular complexity index is 1050. The van der Waals surface area contributed by atoms with Crippen LogP contribution in [0.15, 0.2) is 55.1 Å². The summed E-state index contributed by atoms with van der Waals surface area (Å²) >= 11 is 0. The first-order chi connectivity index (χ1) is 14.8. The van der Waals surface area contributed by atoms with Crippen molar-refractivity contribution in [3.8, 4) is 5.69 Å². The normalized spacial score (nSPS) is 11.2. The Kier molecular flexibility index (Phi) is 6.65. The lowest BCUT2D eigenvalue weighted by Gasteiger charge is -2.14. The van der Waals surface area contributed by atoms with Crippen LogP contribution in [0.1, 0.15) is 21.5 Å². The third kappa shape index (κ3) is 5.66. The van der Waals surface area contributed by atoms with E-state index in [1.807, 2.05) is 0 Å². The molecule has 0 saturated carbocycles. The average Bonchev–Trinajstić information content (AvgIpc) is 3.27. The zero-order valence-electron chi connectivity index (χ0n) is 16.2. The van der Waals surface area contributed by atoms with Crippen molar-refractivity contribution in [2.45, 2.75) is 12.8 Å². The number of esters is 1. The number of benzene rings is 2. The van der Waals surface area contributed by atoms with Gasteiger partial charge in [0.1, 0.15) is 12.7 Å². The predicted octanol–water partition coefficient (Wildman–Crippen LogP) is 3.23. The van der Waals surface area contributed by atoms with Gasteiger partial charge in [-0.1, -0.05) is 12.1 Å². The molecule has 0 atom stereocenters. The molecule has 0 fully saturated rings. The van der Waals surface area contributed by atoms with Crippen LogP contribution in [0, 0.1) is 0 Å². The summed E-state index contributed by atoms with van der Waals surface area (Å²) in [6.07, 6.45) is -2.14. The molecule has 1 heterocycles. The zero-order valence-corrected chi connectivity index (χ0v) is 16.2. The summed E-state index contributed by atoms with van der Waals surface area (Å²) in [5, 5.41) is 6.18. The third-order valence-corrected chi connectivity index (χ3v) is 4.10. The van der Waals surface area contributed by atoms with Crippen LogP contribution in [-0.4, -0.2) is 40.4 Å². The van der Waals surface area contributed by atoms with Crippen LogP contribution in [0.3, 0.4) is 0 Å². The van der Waals surface area contributed by atoms with Gasteiger partial charge in [-0.05, 0) is 35.9 Å². The van der Waals surface area contributed by atoms with Gasteiger partial charge >= 0.3 is 12.1 Å². The van der Waals surface area contributed by atoms with Gasteiger partial charge in [-0.25, -0.2) is 14.5 Å². The van der Waals surface area contributed by atoms with Gasteiger partial charge in [0.05, 0.1) is 29.1 Å². The Hall–Kier alpha value is -3.73. The number of carbonyl (C=O) groups is 2. The smallest absolute Gasteiger partial charge is 0.416 e. The maximum Gasteiger partial charge on any atom is 0.416 e. The highest BCUT2D eigenvalue weighted by molar-refractivity contribution is 5.96. The number of hydrogen-bond donors (Lipinski definition) is 1. The average molecular weight is 434 g/mol. The molecule has 11 heteroatoms. The topological polar surface area (TPSA) is 95.3 Å². The first-order valence-electron chi connectivity index (χ1n) is 8.89. The van der Waals surface area contributed by atoms with Crippen molar-refractivity contribution in [3.05, 3.63) is 71.8 Å². The number of methoxy groups -OCH3 is 1. The van der Waals surface area contributed by atoms with E-state index in [1.165, 1.54) is 29.5 Å². The molecule has 0 unspecified atom stereocenters. The number of alkyl halides is 3. The fraction of sp³-hybridized carbons (Fsp3) is 0.200. The molecule has 1 N–H and O–H groups in total. The summed E-state index contributed by atoms with van der Waals surface area (Å²) in [6.45, 7) is -0.311. The van der Waals surface area contributed by atoms with Crippen molar-refractivity contribution >= 4 is 17.6 Å². The molecular weight excluding hydrogens is 417 g/mol. The standard InChI is InChI=1S/C20H17F3N4O4/c1-30-9-13-2-4-14(5-3-13)19(29)31-10-18(28)26-16-8-15(20(21,22)23)6-7-17(16)27-12-24-11-25-27/h2-8,11-12H,9-10H2,1H3,(H,26,28). The summed E-state index contributed by atoms with van der Waals surface area (Å²) in [5.74, 6) is -1.57. The number of anilines is 1. The quantitative estimate of drug-likeness (QED) is 0.574. The number of nitrogens with zero attached hydrogens (tertiary/aromatic N) is 3. The highest BCUT2D eigenvalue weighted by Gasteiger charge is 2.31. The van der Waals surface area contributed by atoms with E-state index in [2.05, 4.69) is 15.4 Å². The van der Waals surface area contributed by atoms with Crippen LogP contribution in [0.4, 0.5) is 18.9 Å². The van der Waals surface area contributed by atoms with Crippen molar-refractivity contribution in [2.24, 2.45) is 0 Å². The predicted molar refractivity (Wildman–Crippen MR) is 102 cm³/mol. The number of aromatic nitrogens is 3. The number of rotatable bonds is 7. The van der Waals surface area contributed by atoms with Crippen LogP contribution in [0.5, 0.6) is 0 Å². The molecule has 2 aromatic carbocycles. The first kappa shape index (κ1) is 22.0. The monoisotopic (exact) mass is 434 g/mol. The second-order valence-electron chi connectivity index (χ2n) is 6.32. The molecular formula is C20H17F3N4O4. The molecule has 0 radical (unpaired) electrons. The van der Waals surface area contributed by atoms with Gasteiger partial charge in [0.2, 0.25) is 0 Å². The molecule has 1 amide bonds. The van der Waals surface area contributed by atoms with E-state index in [9.17, 15) is 22.8 Å². The Morgan fingerprint density at radius 3 is 2.48 bits per heavy atom. The molecule has 3 aromatic rings. The molecule has 0 aliphatic carbocycles. The van der Waals surface area contributed by atoms with E-state index in [4.69, 9.17) is 9.47 Å². The largest absolute Gasteiger partial charge is 0.452 e. The minimum Gasteiger partial charge on any atom is -0.452 e. The summed E-state index contributed by atoms with van der Waals surface area (Å²) in [6, 6.07) is 9.17. The molecule has 8 nitrogen and oxygen atoms in total. The van der Waals surface area contributed by atoms with E-state index in [0.717, 1.165) is 23.8 Å². The van der Waals surface area contributed by atoms with Gasteiger partial charge in [-0.3, -0.25) is 4.79 Å². The highest BCUT2D eigenvalue weighted by atomic mass is 19.4. The van der Waals surface area contributed by atoms with Crippen LogP contribution in [0.25, 0.3) is 5.69 Å². The Morgan fingerprint density at radius 1 is 1.13 bits per heavy atom. The molecule has 0 aliphatic heterocycles. The number of hydrogen-bond acceptors (Lipinski definition) is 6. The van der Waals surface area contributed by atoms with Crippen LogP contribution in [0.2, 0.25) is 0 Å². The number of halogens is 3. The SMILES string of the molecule is COCc1ccc(C(=O)OCC(=O)Nc2cc(C(F)(F)F)ccc2-n2cncn2)cc1. The van der Waals surface area contributed by atoms with Crippen molar-refractivity contribution in [3.63, 3.8) is 0 Å². The third-order valence-electron chi connectivity index (χ3n) is 4.10. The van der Waals surface area contributed by atoms with Gasteiger partial charge < -0.3 is 14.8 Å². The summed E-state index contributed by atoms with van der Waals surface area (Å²) < 4.78 is 50.3. The fourth-order valence-electron chi connectivity index (χ4n) is 2.65. The second-order valence-corrected chi connectivity index (χ2v) is 6.32. The fourth-order valence-corrected chi connectivity index (χ4v) is 2.65. The highest BCUT2D eigenvalue weighted by Crippen LogP contribution is 2.33. The Morgan fingerprint density at radius 2 is 1.87 bits per heavy atom. The van der Waals surface area contributed by atoms with E-state index in [1.54, 1.807) is 19.2 Å². The van der Waals surface area contributed by atoms with Crippen LogP contribution < -0.4 is 5.32 Å². The lowest BCUT2D eigenvalue weighted by molar-refractivity contribution is -0.137. The Labute approximate surface area is 174 Å². The lowest BCUT2D eigenvalue weighted by atomic mass is 10.1. The number of nitrogens with one attached hydrogen (secondary N) is 1. The molecule has 162 valence electrons. The van der Waals surface area contributed by atoms with E-state index < -0.39 is 30.2 Å². The second kappa shape index (κ2) is 9.39. The van der Waals surface area contributed by atoms with Crippen molar-refractivity contribution in [2.75, 3.05) is 19.0 Å². The molecule has 0 saturated heterocycles. The molecule has 1 aromatic heterocycles. The molecule has 0 spiro atoms. The van der Waals surface area contributed by atoms with Crippen LogP contribution in [-0.2, 0) is 27.1 Å². The van der Waals surface area contributed by atoms with E-state index in [-0.39, 0.29) is 16.9 Å². The molecule has 0 bridgehead atoms. The molecule has 0 aliphatic rings. The van der Waals surface area contributed by atoms with Crippen molar-refractivity contribution in [1.82, 2.24) is 14.8 Å². The van der Waals surface area contributed by atoms with Crippen molar-refractivity contribution < 1.29 is 32.2 Å². The van der Waals surface area contributed by atoms with Crippen molar-refractivity contribution in [1.29, 1.82) is 0 Å². The summed E-state index contributed by atoms with van der Waals surface area (Å²) in [7, 11) is 1.54. The van der Waals surface area contributed by atoms with Gasteiger partial charge in [-0.15, -0.1) is 0 Å². The summed E-state index contributed by atoms with van der Waals surface area (Å²) in [4.78, 5) is 28.1. The molecule has 31 heavy (non-hydrogen) atoms. The number of carbonyl (C=O) groups excluding carboxylic acids is 2. The Balaban J connectivity index is 1.69. The van der Waals surface area contributed by atoms with Gasteiger partial charge in [0.15, 0.2) is 6.61 Å². The van der Waals surface area contributed by atoms with Gasteiger partial charge in [0, 0.05) is 7.11 Å². The summed E-state index contributed by atoms with van der Waals surface area (Å²) in [5.41, 5.74) is 0.112. The van der Waals surface area contributed by atoms with E-state index in [0.29, 0.717) is 6.61 Å². The van der Waals surface area contributed by atoms with Gasteiger partial charge in [-0.2, -0.15) is 18.3 Å². The maximum absolute atomic E-state index is 13.1. The minimum absolute atomic E-state index is 0.162. The zero-order chi connectivity index (χ0) is 22.4. The maximum atomic E-state index is 13.1. The van der Waals surface area contributed by atoms with Gasteiger partial charge in [0.25, 0.3) is 5.91 Å². The number of amides is 1. The lowest BCUT2D eigenvalue weighted by Crippen LogP contribution is -2.22. The van der Waals surface area contributed by atoms with Crippen LogP contribution >= 0.6 is 0 Å². The molecule has 3 rings (SSSR count).